The zero-order valence-corrected chi connectivity index (χ0v) is 20.0. The predicted octanol–water partition coefficient (Wildman–Crippen LogP) is 5.65. The van der Waals surface area contributed by atoms with Crippen LogP contribution in [0.1, 0.15) is 42.1 Å². The normalized spacial score (nSPS) is 13.1. The summed E-state index contributed by atoms with van der Waals surface area (Å²) >= 11 is 0. The van der Waals surface area contributed by atoms with Gasteiger partial charge in [0.25, 0.3) is 5.91 Å². The van der Waals surface area contributed by atoms with Gasteiger partial charge in [0.15, 0.2) is 0 Å². The number of rotatable bonds is 8. The van der Waals surface area contributed by atoms with Crippen molar-refractivity contribution in [3.05, 3.63) is 83.9 Å². The molecule has 1 aliphatic heterocycles. The minimum atomic E-state index is -0.404. The van der Waals surface area contributed by atoms with Crippen LogP contribution >= 0.6 is 0 Å². The average molecular weight is 473 g/mol. The van der Waals surface area contributed by atoms with Crippen LogP contribution < -0.4 is 25.6 Å². The lowest BCUT2D eigenvalue weighted by Gasteiger charge is -2.30. The Labute approximate surface area is 206 Å². The number of piperidine rings is 1. The summed E-state index contributed by atoms with van der Waals surface area (Å²) in [6.07, 6.45) is 3.41. The number of urea groups is 1. The third-order valence-electron chi connectivity index (χ3n) is 5.93. The minimum absolute atomic E-state index is 0.167. The smallest absolute Gasteiger partial charge is 0.323 e. The van der Waals surface area contributed by atoms with Crippen LogP contribution in [-0.4, -0.2) is 31.6 Å². The number of hydrogen-bond donors (Lipinski definition) is 3. The molecule has 0 bridgehead atoms. The summed E-state index contributed by atoms with van der Waals surface area (Å²) in [6.45, 7) is 4.66. The van der Waals surface area contributed by atoms with Crippen molar-refractivity contribution < 1.29 is 14.3 Å². The van der Waals surface area contributed by atoms with E-state index in [4.69, 9.17) is 4.74 Å². The van der Waals surface area contributed by atoms with E-state index in [1.54, 1.807) is 12.1 Å². The molecule has 7 heteroatoms. The first-order chi connectivity index (χ1) is 17.1. The summed E-state index contributed by atoms with van der Waals surface area (Å²) < 4.78 is 5.58. The quantitative estimate of drug-likeness (QED) is 0.396. The van der Waals surface area contributed by atoms with Gasteiger partial charge in [-0.25, -0.2) is 4.79 Å². The second-order valence-corrected chi connectivity index (χ2v) is 8.46. The molecule has 1 fully saturated rings. The summed E-state index contributed by atoms with van der Waals surface area (Å²) in [5.74, 6) is 0.437. The number of carbonyl (C=O) groups excluding carboxylic acids is 2. The fourth-order valence-electron chi connectivity index (χ4n) is 4.22. The molecule has 3 aromatic carbocycles. The largest absolute Gasteiger partial charge is 0.492 e. The van der Waals surface area contributed by atoms with Gasteiger partial charge >= 0.3 is 6.03 Å². The van der Waals surface area contributed by atoms with Crippen molar-refractivity contribution in [3.63, 3.8) is 0 Å². The number of nitrogens with one attached hydrogen (secondary N) is 3. The lowest BCUT2D eigenvalue weighted by Crippen LogP contribution is -2.33. The van der Waals surface area contributed by atoms with Gasteiger partial charge < -0.3 is 25.6 Å². The van der Waals surface area contributed by atoms with Crippen LogP contribution in [0.2, 0.25) is 0 Å². The van der Waals surface area contributed by atoms with E-state index in [1.165, 1.54) is 6.42 Å². The molecule has 0 unspecified atom stereocenters. The molecular formula is C28H32N4O3. The highest BCUT2D eigenvalue weighted by Crippen LogP contribution is 2.28. The highest BCUT2D eigenvalue weighted by molar-refractivity contribution is 6.04. The van der Waals surface area contributed by atoms with Gasteiger partial charge in [0, 0.05) is 31.0 Å². The Morgan fingerprint density at radius 3 is 2.40 bits per heavy atom. The second-order valence-electron chi connectivity index (χ2n) is 8.46. The Hall–Kier alpha value is -4.00. The molecule has 3 N–H and O–H groups in total. The van der Waals surface area contributed by atoms with Crippen molar-refractivity contribution in [2.45, 2.75) is 32.7 Å². The molecule has 1 saturated heterocycles. The molecule has 0 aromatic heterocycles. The van der Waals surface area contributed by atoms with Crippen molar-refractivity contribution in [2.75, 3.05) is 35.2 Å². The van der Waals surface area contributed by atoms with E-state index in [0.717, 1.165) is 37.2 Å². The van der Waals surface area contributed by atoms with Gasteiger partial charge in [-0.15, -0.1) is 0 Å². The molecule has 0 radical (unpaired) electrons. The maximum absolute atomic E-state index is 13.2. The number of para-hydroxylation sites is 2. The fourth-order valence-corrected chi connectivity index (χ4v) is 4.22. The number of carbonyl (C=O) groups is 2. The number of anilines is 3. The molecule has 3 aromatic rings. The van der Waals surface area contributed by atoms with Gasteiger partial charge in [0.2, 0.25) is 0 Å². The zero-order chi connectivity index (χ0) is 24.5. The van der Waals surface area contributed by atoms with Crippen LogP contribution in [0.4, 0.5) is 21.9 Å². The SMILES string of the molecule is CCOc1ccccc1NC(=O)Nc1ccc(N2CCCCC2)c(C(=O)NCc2ccccc2)c1. The fraction of sp³-hybridized carbons (Fsp3) is 0.286. The van der Waals surface area contributed by atoms with Gasteiger partial charge in [-0.1, -0.05) is 42.5 Å². The van der Waals surface area contributed by atoms with Crippen LogP contribution in [0.15, 0.2) is 72.8 Å². The molecule has 1 heterocycles. The number of ether oxygens (including phenoxy) is 1. The van der Waals surface area contributed by atoms with Gasteiger partial charge in [-0.3, -0.25) is 4.79 Å². The number of benzene rings is 3. The number of hydrogen-bond acceptors (Lipinski definition) is 4. The molecule has 0 aliphatic carbocycles. The predicted molar refractivity (Wildman–Crippen MR) is 140 cm³/mol. The van der Waals surface area contributed by atoms with E-state index in [-0.39, 0.29) is 5.91 Å². The van der Waals surface area contributed by atoms with Crippen LogP contribution in [0.25, 0.3) is 0 Å². The van der Waals surface area contributed by atoms with E-state index in [0.29, 0.717) is 35.8 Å². The first-order valence-corrected chi connectivity index (χ1v) is 12.1. The van der Waals surface area contributed by atoms with Gasteiger partial charge in [-0.2, -0.15) is 0 Å². The summed E-state index contributed by atoms with van der Waals surface area (Å²) in [5.41, 5.74) is 3.60. The van der Waals surface area contributed by atoms with E-state index in [2.05, 4.69) is 20.9 Å². The van der Waals surface area contributed by atoms with Crippen molar-refractivity contribution in [3.8, 4) is 5.75 Å². The number of nitrogens with zero attached hydrogens (tertiary/aromatic N) is 1. The zero-order valence-electron chi connectivity index (χ0n) is 20.0. The maximum Gasteiger partial charge on any atom is 0.323 e. The van der Waals surface area contributed by atoms with Gasteiger partial charge in [0.1, 0.15) is 5.75 Å². The molecule has 0 saturated carbocycles. The lowest BCUT2D eigenvalue weighted by molar-refractivity contribution is 0.0951. The molecule has 182 valence electrons. The maximum atomic E-state index is 13.2. The highest BCUT2D eigenvalue weighted by atomic mass is 16.5. The Morgan fingerprint density at radius 2 is 1.63 bits per heavy atom. The lowest BCUT2D eigenvalue weighted by atomic mass is 10.1. The summed E-state index contributed by atoms with van der Waals surface area (Å²) in [6, 6.07) is 22.2. The van der Waals surface area contributed by atoms with Crippen molar-refractivity contribution in [1.29, 1.82) is 0 Å². The molecule has 35 heavy (non-hydrogen) atoms. The molecule has 0 spiro atoms. The van der Waals surface area contributed by atoms with Crippen LogP contribution in [0.5, 0.6) is 5.75 Å². The van der Waals surface area contributed by atoms with E-state index in [9.17, 15) is 9.59 Å². The average Bonchev–Trinajstić information content (AvgIpc) is 2.89. The topological polar surface area (TPSA) is 82.7 Å². The Bertz CT molecular complexity index is 1140. The molecular weight excluding hydrogens is 440 g/mol. The monoisotopic (exact) mass is 472 g/mol. The molecule has 7 nitrogen and oxygen atoms in total. The molecule has 1 aliphatic rings. The molecule has 0 atom stereocenters. The molecule has 4 rings (SSSR count). The Kier molecular flexibility index (Phi) is 8.22. The summed E-state index contributed by atoms with van der Waals surface area (Å²) in [5, 5.41) is 8.71. The van der Waals surface area contributed by atoms with Crippen LogP contribution in [0, 0.1) is 0 Å². The Balaban J connectivity index is 1.51. The summed E-state index contributed by atoms with van der Waals surface area (Å²) in [7, 11) is 0. The van der Waals surface area contributed by atoms with Crippen LogP contribution in [0.3, 0.4) is 0 Å². The Morgan fingerprint density at radius 1 is 0.886 bits per heavy atom. The minimum Gasteiger partial charge on any atom is -0.492 e. The second kappa shape index (κ2) is 11.9. The number of amides is 3. The van der Waals surface area contributed by atoms with E-state index in [1.807, 2.05) is 67.6 Å². The van der Waals surface area contributed by atoms with Gasteiger partial charge in [0.05, 0.1) is 17.9 Å². The first kappa shape index (κ1) is 24.1. The summed E-state index contributed by atoms with van der Waals surface area (Å²) in [4.78, 5) is 28.2. The van der Waals surface area contributed by atoms with Crippen molar-refractivity contribution in [1.82, 2.24) is 5.32 Å². The molecule has 3 amide bonds. The standard InChI is InChI=1S/C28H32N4O3/c1-2-35-26-14-8-7-13-24(26)31-28(34)30-22-15-16-25(32-17-9-4-10-18-32)23(19-22)27(33)29-20-21-11-5-3-6-12-21/h3,5-8,11-16,19H,2,4,9-10,17-18,20H2,1H3,(H,29,33)(H2,30,31,34). The van der Waals surface area contributed by atoms with Crippen molar-refractivity contribution in [2.24, 2.45) is 0 Å². The van der Waals surface area contributed by atoms with E-state index >= 15 is 0 Å². The highest BCUT2D eigenvalue weighted by Gasteiger charge is 2.20. The van der Waals surface area contributed by atoms with Crippen LogP contribution in [-0.2, 0) is 6.54 Å². The first-order valence-electron chi connectivity index (χ1n) is 12.1. The van der Waals surface area contributed by atoms with Gasteiger partial charge in [-0.05, 0) is 62.1 Å². The van der Waals surface area contributed by atoms with Crippen molar-refractivity contribution >= 4 is 29.0 Å². The third-order valence-corrected chi connectivity index (χ3v) is 5.93. The third kappa shape index (κ3) is 6.53. The van der Waals surface area contributed by atoms with E-state index < -0.39 is 6.03 Å².